The summed E-state index contributed by atoms with van der Waals surface area (Å²) in [6.07, 6.45) is 2.42. The minimum Gasteiger partial charge on any atom is -0.481 e. The van der Waals surface area contributed by atoms with Crippen molar-refractivity contribution in [1.29, 1.82) is 0 Å². The van der Waals surface area contributed by atoms with Crippen LogP contribution in [0.2, 0.25) is 0 Å². The van der Waals surface area contributed by atoms with Gasteiger partial charge in [0.2, 0.25) is 5.89 Å². The molecule has 0 spiro atoms. The first-order chi connectivity index (χ1) is 8.67. The predicted molar refractivity (Wildman–Crippen MR) is 65.6 cm³/mol. The lowest BCUT2D eigenvalue weighted by Gasteiger charge is -2.14. The van der Waals surface area contributed by atoms with Gasteiger partial charge in [0.05, 0.1) is 11.8 Å². The first-order valence-electron chi connectivity index (χ1n) is 6.48. The van der Waals surface area contributed by atoms with Crippen LogP contribution in [0.15, 0.2) is 4.52 Å². The van der Waals surface area contributed by atoms with E-state index in [1.807, 2.05) is 18.7 Å². The first kappa shape index (κ1) is 12.9. The highest BCUT2D eigenvalue weighted by Gasteiger charge is 2.37. The van der Waals surface area contributed by atoms with Gasteiger partial charge in [-0.15, -0.1) is 0 Å². The predicted octanol–water partition coefficient (Wildman–Crippen LogP) is 1.88. The maximum absolute atomic E-state index is 11.1. The van der Waals surface area contributed by atoms with Crippen LogP contribution in [0.25, 0.3) is 0 Å². The van der Waals surface area contributed by atoms with Crippen molar-refractivity contribution in [2.24, 2.45) is 5.92 Å². The zero-order valence-corrected chi connectivity index (χ0v) is 10.8. The Morgan fingerprint density at radius 2 is 2.17 bits per heavy atom. The third kappa shape index (κ3) is 2.32. The zero-order chi connectivity index (χ0) is 13.1. The molecule has 6 heteroatoms. The topological polar surface area (TPSA) is 79.5 Å². The standard InChI is InChI=1S/C12H19N3O3/c1-3-15(4-2)12-13-10(18-14-12)8-6-5-7-9(8)11(16)17/h8-9H,3-7H2,1-2H3,(H,16,17). The van der Waals surface area contributed by atoms with Gasteiger partial charge in [0.25, 0.3) is 5.95 Å². The van der Waals surface area contributed by atoms with E-state index in [1.54, 1.807) is 0 Å². The van der Waals surface area contributed by atoms with Gasteiger partial charge < -0.3 is 14.5 Å². The second kappa shape index (κ2) is 5.37. The summed E-state index contributed by atoms with van der Waals surface area (Å²) in [7, 11) is 0. The number of carboxylic acid groups (broad SMARTS) is 1. The molecule has 6 nitrogen and oxygen atoms in total. The van der Waals surface area contributed by atoms with Crippen molar-refractivity contribution >= 4 is 11.9 Å². The number of aliphatic carboxylic acids is 1. The van der Waals surface area contributed by atoms with Gasteiger partial charge in [-0.05, 0) is 31.8 Å². The molecule has 0 aliphatic heterocycles. The Balaban J connectivity index is 2.16. The molecule has 2 atom stereocenters. The average Bonchev–Trinajstić information content (AvgIpc) is 2.98. The molecule has 1 fully saturated rings. The van der Waals surface area contributed by atoms with E-state index in [2.05, 4.69) is 10.1 Å². The number of hydrogen-bond acceptors (Lipinski definition) is 5. The van der Waals surface area contributed by atoms with Gasteiger partial charge in [-0.3, -0.25) is 4.79 Å². The Hall–Kier alpha value is -1.59. The smallest absolute Gasteiger partial charge is 0.307 e. The van der Waals surface area contributed by atoms with Gasteiger partial charge in [0.15, 0.2) is 0 Å². The summed E-state index contributed by atoms with van der Waals surface area (Å²) in [6, 6.07) is 0. The van der Waals surface area contributed by atoms with E-state index >= 15 is 0 Å². The molecular formula is C12H19N3O3. The van der Waals surface area contributed by atoms with Crippen molar-refractivity contribution in [3.05, 3.63) is 5.89 Å². The normalized spacial score (nSPS) is 23.2. The number of carboxylic acids is 1. The second-order valence-corrected chi connectivity index (χ2v) is 4.59. The second-order valence-electron chi connectivity index (χ2n) is 4.59. The molecule has 1 heterocycles. The molecule has 0 amide bonds. The van der Waals surface area contributed by atoms with E-state index in [-0.39, 0.29) is 11.8 Å². The Bertz CT molecular complexity index is 414. The molecule has 2 unspecified atom stereocenters. The molecule has 1 N–H and O–H groups in total. The molecule has 1 aliphatic rings. The fourth-order valence-electron chi connectivity index (χ4n) is 2.56. The highest BCUT2D eigenvalue weighted by atomic mass is 16.5. The first-order valence-corrected chi connectivity index (χ1v) is 6.48. The zero-order valence-electron chi connectivity index (χ0n) is 10.8. The number of aromatic nitrogens is 2. The Morgan fingerprint density at radius 1 is 1.44 bits per heavy atom. The summed E-state index contributed by atoms with van der Waals surface area (Å²) >= 11 is 0. The summed E-state index contributed by atoms with van der Waals surface area (Å²) in [5.74, 6) is -0.234. The number of nitrogens with zero attached hydrogens (tertiary/aromatic N) is 3. The Morgan fingerprint density at radius 3 is 2.78 bits per heavy atom. The van der Waals surface area contributed by atoms with Gasteiger partial charge in [-0.25, -0.2) is 0 Å². The number of anilines is 1. The molecule has 100 valence electrons. The molecule has 1 aliphatic carbocycles. The van der Waals surface area contributed by atoms with E-state index in [0.717, 1.165) is 25.9 Å². The lowest BCUT2D eigenvalue weighted by molar-refractivity contribution is -0.142. The quantitative estimate of drug-likeness (QED) is 0.863. The summed E-state index contributed by atoms with van der Waals surface area (Å²) in [5.41, 5.74) is 0. The monoisotopic (exact) mass is 253 g/mol. The van der Waals surface area contributed by atoms with Crippen LogP contribution in [-0.2, 0) is 4.79 Å². The lowest BCUT2D eigenvalue weighted by atomic mass is 9.96. The maximum Gasteiger partial charge on any atom is 0.307 e. The third-order valence-electron chi connectivity index (χ3n) is 3.63. The van der Waals surface area contributed by atoms with Crippen LogP contribution in [0.5, 0.6) is 0 Å². The molecule has 0 bridgehead atoms. The van der Waals surface area contributed by atoms with Gasteiger partial charge in [-0.2, -0.15) is 4.98 Å². The summed E-state index contributed by atoms with van der Waals surface area (Å²) in [5, 5.41) is 13.1. The number of rotatable bonds is 5. The van der Waals surface area contributed by atoms with E-state index in [4.69, 9.17) is 9.63 Å². The number of carbonyl (C=O) groups is 1. The van der Waals surface area contributed by atoms with Gasteiger partial charge in [-0.1, -0.05) is 6.42 Å². The van der Waals surface area contributed by atoms with Crippen molar-refractivity contribution < 1.29 is 14.4 Å². The van der Waals surface area contributed by atoms with Crippen LogP contribution in [0.3, 0.4) is 0 Å². The molecule has 0 radical (unpaired) electrons. The van der Waals surface area contributed by atoms with Crippen LogP contribution in [0.4, 0.5) is 5.95 Å². The Kier molecular flexibility index (Phi) is 3.84. The minimum atomic E-state index is -0.764. The molecule has 18 heavy (non-hydrogen) atoms. The van der Waals surface area contributed by atoms with Crippen molar-refractivity contribution in [2.45, 2.75) is 39.0 Å². The summed E-state index contributed by atoms with van der Waals surface area (Å²) in [6.45, 7) is 5.66. The van der Waals surface area contributed by atoms with E-state index in [0.29, 0.717) is 18.3 Å². The van der Waals surface area contributed by atoms with Crippen molar-refractivity contribution in [2.75, 3.05) is 18.0 Å². The lowest BCUT2D eigenvalue weighted by Crippen LogP contribution is -2.23. The SMILES string of the molecule is CCN(CC)c1noc(C2CCCC2C(=O)O)n1. The molecule has 0 aromatic carbocycles. The van der Waals surface area contributed by atoms with Crippen molar-refractivity contribution in [3.8, 4) is 0 Å². The van der Waals surface area contributed by atoms with Crippen molar-refractivity contribution in [3.63, 3.8) is 0 Å². The molecule has 0 saturated heterocycles. The summed E-state index contributed by atoms with van der Waals surface area (Å²) < 4.78 is 5.25. The van der Waals surface area contributed by atoms with Gasteiger partial charge >= 0.3 is 5.97 Å². The van der Waals surface area contributed by atoms with Crippen LogP contribution in [-0.4, -0.2) is 34.3 Å². The summed E-state index contributed by atoms with van der Waals surface area (Å²) in [4.78, 5) is 17.5. The fourth-order valence-corrected chi connectivity index (χ4v) is 2.56. The van der Waals surface area contributed by atoms with E-state index in [9.17, 15) is 4.79 Å². The van der Waals surface area contributed by atoms with Gasteiger partial charge in [0, 0.05) is 13.1 Å². The Labute approximate surface area is 106 Å². The average molecular weight is 253 g/mol. The highest BCUT2D eigenvalue weighted by molar-refractivity contribution is 5.71. The number of hydrogen-bond donors (Lipinski definition) is 1. The van der Waals surface area contributed by atoms with E-state index in [1.165, 1.54) is 0 Å². The van der Waals surface area contributed by atoms with Crippen LogP contribution in [0, 0.1) is 5.92 Å². The van der Waals surface area contributed by atoms with Crippen LogP contribution >= 0.6 is 0 Å². The van der Waals surface area contributed by atoms with Crippen LogP contribution < -0.4 is 4.90 Å². The van der Waals surface area contributed by atoms with Gasteiger partial charge in [0.1, 0.15) is 0 Å². The maximum atomic E-state index is 11.1. The minimum absolute atomic E-state index is 0.126. The molecular weight excluding hydrogens is 234 g/mol. The molecule has 1 saturated carbocycles. The fraction of sp³-hybridized carbons (Fsp3) is 0.750. The largest absolute Gasteiger partial charge is 0.481 e. The van der Waals surface area contributed by atoms with Crippen LogP contribution in [0.1, 0.15) is 44.9 Å². The molecule has 1 aromatic heterocycles. The highest BCUT2D eigenvalue weighted by Crippen LogP contribution is 2.39. The molecule has 1 aromatic rings. The third-order valence-corrected chi connectivity index (χ3v) is 3.63. The van der Waals surface area contributed by atoms with E-state index < -0.39 is 5.97 Å². The van der Waals surface area contributed by atoms with Crippen molar-refractivity contribution in [1.82, 2.24) is 10.1 Å². The molecule has 2 rings (SSSR count).